The third-order valence-electron chi connectivity index (χ3n) is 6.93. The maximum atomic E-state index is 12.9. The van der Waals surface area contributed by atoms with Crippen LogP contribution in [0, 0.1) is 11.5 Å². The van der Waals surface area contributed by atoms with E-state index in [9.17, 15) is 4.79 Å². The summed E-state index contributed by atoms with van der Waals surface area (Å²) in [6.07, 6.45) is -0.220. The molecule has 0 unspecified atom stereocenters. The van der Waals surface area contributed by atoms with Gasteiger partial charge in [-0.1, -0.05) is 74.1 Å². The second-order valence-electron chi connectivity index (χ2n) is 11.0. The zero-order chi connectivity index (χ0) is 26.0. The average Bonchev–Trinajstić information content (AvgIpc) is 3.19. The largest absolute Gasteiger partial charge is 0.448 e. The monoisotopic (exact) mass is 526 g/mol. The van der Waals surface area contributed by atoms with Gasteiger partial charge in [0.25, 0.3) is 0 Å². The van der Waals surface area contributed by atoms with Gasteiger partial charge in [0, 0.05) is 49.1 Å². The van der Waals surface area contributed by atoms with Gasteiger partial charge in [-0.25, -0.2) is 4.79 Å². The van der Waals surface area contributed by atoms with Gasteiger partial charge in [0.1, 0.15) is 14.7 Å². The van der Waals surface area contributed by atoms with Crippen LogP contribution in [0.1, 0.15) is 28.2 Å². The van der Waals surface area contributed by atoms with Gasteiger partial charge >= 0.3 is 6.09 Å². The summed E-state index contributed by atoms with van der Waals surface area (Å²) in [5, 5.41) is 0. The van der Waals surface area contributed by atoms with Crippen molar-refractivity contribution >= 4 is 26.8 Å². The van der Waals surface area contributed by atoms with Crippen LogP contribution in [0.25, 0.3) is 11.1 Å². The summed E-state index contributed by atoms with van der Waals surface area (Å²) in [5.74, 6) is 3.44. The van der Waals surface area contributed by atoms with Gasteiger partial charge in [-0.3, -0.25) is 4.90 Å². The van der Waals surface area contributed by atoms with E-state index in [2.05, 4.69) is 109 Å². The summed E-state index contributed by atoms with van der Waals surface area (Å²) in [6.45, 7) is 10.9. The quantitative estimate of drug-likeness (QED) is 0.247. The van der Waals surface area contributed by atoms with E-state index in [0.717, 1.165) is 30.1 Å². The fourth-order valence-electron chi connectivity index (χ4n) is 5.13. The van der Waals surface area contributed by atoms with Crippen LogP contribution in [0.4, 0.5) is 4.79 Å². The molecule has 1 aliphatic heterocycles. The molecule has 0 spiro atoms. The van der Waals surface area contributed by atoms with Crippen molar-refractivity contribution in [2.75, 3.05) is 32.8 Å². The van der Waals surface area contributed by atoms with Gasteiger partial charge in [0.05, 0.1) is 0 Å². The number of thiol groups is 1. The Balaban J connectivity index is 1.16. The van der Waals surface area contributed by atoms with E-state index in [1.165, 1.54) is 27.8 Å². The normalized spacial score (nSPS) is 15.5. The zero-order valence-electron chi connectivity index (χ0n) is 21.8. The number of nitrogens with zero attached hydrogens (tertiary/aromatic N) is 2. The van der Waals surface area contributed by atoms with Crippen molar-refractivity contribution in [1.82, 2.24) is 9.80 Å². The fourth-order valence-corrected chi connectivity index (χ4v) is 5.95. The van der Waals surface area contributed by atoms with Crippen LogP contribution >= 0.6 is 12.6 Å². The molecular weight excluding hydrogens is 493 g/mol. The first-order chi connectivity index (χ1) is 17.8. The summed E-state index contributed by atoms with van der Waals surface area (Å²) in [4.78, 5) is 18.1. The van der Waals surface area contributed by atoms with Crippen molar-refractivity contribution in [2.45, 2.75) is 37.0 Å². The summed E-state index contributed by atoms with van der Waals surface area (Å²) >= 11 is 4.60. The lowest BCUT2D eigenvalue weighted by molar-refractivity contribution is 0.0728. The highest BCUT2D eigenvalue weighted by Gasteiger charge is 2.30. The first-order valence-corrected chi connectivity index (χ1v) is 16.9. The molecule has 1 aliphatic carbocycles. The third kappa shape index (κ3) is 6.12. The standard InChI is InChI=1S/C31H34N2O2SSi/c1-37(2,3)17-12-23-18-24(20-25(36)19-23)21-32-13-15-33(16-14-32)31(34)35-22-30-28-10-6-4-8-26(28)27-9-5-7-11-29(27)30/h4-11,18-20,30,36H,13-16,21-22H2,1-3H3. The highest BCUT2D eigenvalue weighted by Crippen LogP contribution is 2.44. The van der Waals surface area contributed by atoms with Crippen LogP contribution in [-0.4, -0.2) is 56.8 Å². The predicted molar refractivity (Wildman–Crippen MR) is 156 cm³/mol. The van der Waals surface area contributed by atoms with Crippen molar-refractivity contribution in [3.63, 3.8) is 0 Å². The van der Waals surface area contributed by atoms with Gasteiger partial charge in [0.2, 0.25) is 0 Å². The van der Waals surface area contributed by atoms with E-state index in [4.69, 9.17) is 4.74 Å². The number of carbonyl (C=O) groups excluding carboxylic acids is 1. The number of benzene rings is 3. The van der Waals surface area contributed by atoms with Crippen LogP contribution in [0.5, 0.6) is 0 Å². The second kappa shape index (κ2) is 10.8. The van der Waals surface area contributed by atoms with Crippen LogP contribution in [0.2, 0.25) is 19.6 Å². The molecule has 3 aromatic carbocycles. The zero-order valence-corrected chi connectivity index (χ0v) is 23.7. The molecule has 4 nitrogen and oxygen atoms in total. The molecule has 0 N–H and O–H groups in total. The van der Waals surface area contributed by atoms with E-state index in [1.807, 2.05) is 11.0 Å². The molecule has 6 heteroatoms. The van der Waals surface area contributed by atoms with Crippen molar-refractivity contribution in [2.24, 2.45) is 0 Å². The SMILES string of the molecule is C[Si](C)(C)C#Cc1cc(S)cc(CN2CCN(C(=O)OCC3c4ccccc4-c4ccccc43)CC2)c1. The lowest BCUT2D eigenvalue weighted by Crippen LogP contribution is -2.48. The van der Waals surface area contributed by atoms with E-state index < -0.39 is 8.07 Å². The van der Waals surface area contributed by atoms with Crippen LogP contribution in [0.3, 0.4) is 0 Å². The lowest BCUT2D eigenvalue weighted by atomic mass is 9.98. The Morgan fingerprint density at radius 2 is 1.57 bits per heavy atom. The summed E-state index contributed by atoms with van der Waals surface area (Å²) < 4.78 is 5.86. The number of hydrogen-bond acceptors (Lipinski definition) is 4. The van der Waals surface area contributed by atoms with E-state index >= 15 is 0 Å². The predicted octanol–water partition coefficient (Wildman–Crippen LogP) is 6.27. The molecule has 1 saturated heterocycles. The minimum Gasteiger partial charge on any atom is -0.448 e. The Bertz CT molecular complexity index is 1320. The first-order valence-electron chi connectivity index (χ1n) is 13.0. The molecule has 0 bridgehead atoms. The molecule has 0 aromatic heterocycles. The van der Waals surface area contributed by atoms with E-state index in [-0.39, 0.29) is 12.0 Å². The average molecular weight is 527 g/mol. The van der Waals surface area contributed by atoms with Crippen molar-refractivity contribution in [1.29, 1.82) is 0 Å². The molecule has 1 heterocycles. The molecule has 2 aliphatic rings. The van der Waals surface area contributed by atoms with Crippen molar-refractivity contribution in [3.8, 4) is 22.6 Å². The van der Waals surface area contributed by atoms with Crippen LogP contribution in [0.15, 0.2) is 71.6 Å². The van der Waals surface area contributed by atoms with Crippen LogP contribution < -0.4 is 0 Å². The first kappa shape index (κ1) is 25.7. The van der Waals surface area contributed by atoms with Crippen LogP contribution in [-0.2, 0) is 11.3 Å². The van der Waals surface area contributed by atoms with E-state index in [0.29, 0.717) is 19.7 Å². The number of carbonyl (C=O) groups is 1. The summed E-state index contributed by atoms with van der Waals surface area (Å²) in [5.41, 5.74) is 10.6. The Morgan fingerprint density at radius 1 is 0.946 bits per heavy atom. The molecule has 37 heavy (non-hydrogen) atoms. The van der Waals surface area contributed by atoms with E-state index in [1.54, 1.807) is 0 Å². The topological polar surface area (TPSA) is 32.8 Å². The van der Waals surface area contributed by atoms with Gasteiger partial charge in [-0.15, -0.1) is 18.2 Å². The molecule has 1 amide bonds. The van der Waals surface area contributed by atoms with Gasteiger partial charge < -0.3 is 9.64 Å². The Morgan fingerprint density at radius 3 is 2.19 bits per heavy atom. The molecule has 3 aromatic rings. The Kier molecular flexibility index (Phi) is 7.48. The Labute approximate surface area is 227 Å². The lowest BCUT2D eigenvalue weighted by Gasteiger charge is -2.34. The maximum Gasteiger partial charge on any atom is 0.409 e. The number of ether oxygens (including phenoxy) is 1. The molecule has 5 rings (SSSR count). The minimum atomic E-state index is -1.43. The number of hydrogen-bond donors (Lipinski definition) is 1. The van der Waals surface area contributed by atoms with Gasteiger partial charge in [-0.05, 0) is 46.0 Å². The molecular formula is C31H34N2O2SSi. The minimum absolute atomic E-state index is 0.0874. The van der Waals surface area contributed by atoms with Gasteiger partial charge in [0.15, 0.2) is 0 Å². The van der Waals surface area contributed by atoms with Gasteiger partial charge in [-0.2, -0.15) is 0 Å². The maximum absolute atomic E-state index is 12.9. The molecule has 0 atom stereocenters. The number of piperazine rings is 1. The second-order valence-corrected chi connectivity index (χ2v) is 16.2. The number of fused-ring (bicyclic) bond motifs is 3. The Hall–Kier alpha value is -2.98. The fraction of sp³-hybridized carbons (Fsp3) is 0.323. The summed E-state index contributed by atoms with van der Waals surface area (Å²) in [7, 11) is -1.43. The molecule has 190 valence electrons. The smallest absolute Gasteiger partial charge is 0.409 e. The van der Waals surface area contributed by atoms with Crippen molar-refractivity contribution in [3.05, 3.63) is 89.0 Å². The van der Waals surface area contributed by atoms with Crippen molar-refractivity contribution < 1.29 is 9.53 Å². The number of rotatable bonds is 4. The highest BCUT2D eigenvalue weighted by molar-refractivity contribution is 7.80. The molecule has 0 radical (unpaired) electrons. The molecule has 1 fully saturated rings. The third-order valence-corrected chi connectivity index (χ3v) is 8.07. The number of amides is 1. The summed E-state index contributed by atoms with van der Waals surface area (Å²) in [6, 6.07) is 23.2. The highest BCUT2D eigenvalue weighted by atomic mass is 32.1. The molecule has 0 saturated carbocycles.